The number of nitriles is 1. The molecule has 0 aromatic heterocycles. The smallest absolute Gasteiger partial charge is 0.300 e. The molecule has 0 fully saturated rings. The number of carboxylic acids is 1. The Morgan fingerprint density at radius 1 is 2.00 bits per heavy atom. The largest absolute Gasteiger partial charge is 0.481 e. The van der Waals surface area contributed by atoms with Crippen LogP contribution in [-0.4, -0.2) is 11.1 Å². The number of carboxylic acid groups (broad SMARTS) is 1. The number of hydrogen-bond acceptors (Lipinski definition) is 3. The van der Waals surface area contributed by atoms with Gasteiger partial charge in [0, 0.05) is 6.92 Å². The maximum absolute atomic E-state index is 9.00. The molecule has 0 saturated heterocycles. The van der Waals surface area contributed by atoms with E-state index in [0.29, 0.717) is 0 Å². The molecule has 1 N–H and O–H groups in total. The zero-order valence-electron chi connectivity index (χ0n) is 5.00. The van der Waals surface area contributed by atoms with Gasteiger partial charge in [-0.25, -0.2) is 0 Å². The molecule has 0 bridgehead atoms. The molecule has 9 heavy (non-hydrogen) atoms. The molecule has 0 aliphatic heterocycles. The lowest BCUT2D eigenvalue weighted by molar-refractivity contribution is -0.134. The summed E-state index contributed by atoms with van der Waals surface area (Å²) >= 11 is 1.03. The third kappa shape index (κ3) is 163. The van der Waals surface area contributed by atoms with Crippen LogP contribution in [-0.2, 0) is 4.79 Å². The van der Waals surface area contributed by atoms with E-state index in [0.717, 1.165) is 18.7 Å². The number of hydrogen-bond donors (Lipinski definition) is 1. The number of nitrogens with zero attached hydrogens (tertiary/aromatic N) is 1. The monoisotopic (exact) mass is 145 g/mol. The lowest BCUT2D eigenvalue weighted by atomic mass is 10.9. The fraction of sp³-hybridized carbons (Fsp3) is 0.200. The van der Waals surface area contributed by atoms with Crippen molar-refractivity contribution in [3.63, 3.8) is 0 Å². The molecule has 0 aliphatic carbocycles. The van der Waals surface area contributed by atoms with E-state index in [1.807, 2.05) is 5.40 Å². The highest BCUT2D eigenvalue weighted by molar-refractivity contribution is 8.06. The second-order valence-electron chi connectivity index (χ2n) is 0.895. The fourth-order valence-electron chi connectivity index (χ4n) is 0.0373. The number of carbonyl (C=O) groups is 1. The normalized spacial score (nSPS) is 5.78. The number of thioether (sulfide) groups is 1. The van der Waals surface area contributed by atoms with E-state index in [1.165, 1.54) is 5.41 Å². The van der Waals surface area contributed by atoms with Crippen molar-refractivity contribution in [2.75, 3.05) is 0 Å². The average Bonchev–Trinajstić information content (AvgIpc) is 1.66. The van der Waals surface area contributed by atoms with Gasteiger partial charge in [-0.05, 0) is 17.2 Å². The summed E-state index contributed by atoms with van der Waals surface area (Å²) in [6.45, 7) is 4.37. The van der Waals surface area contributed by atoms with Crippen molar-refractivity contribution in [1.82, 2.24) is 0 Å². The van der Waals surface area contributed by atoms with Crippen molar-refractivity contribution in [3.8, 4) is 5.40 Å². The second kappa shape index (κ2) is 10.1. The van der Waals surface area contributed by atoms with Crippen molar-refractivity contribution in [1.29, 1.82) is 5.26 Å². The van der Waals surface area contributed by atoms with Gasteiger partial charge in [-0.15, -0.1) is 0 Å². The first kappa shape index (κ1) is 10.9. The van der Waals surface area contributed by atoms with Crippen LogP contribution in [0.4, 0.5) is 0 Å². The third-order valence-electron chi connectivity index (χ3n) is 0.136. The highest BCUT2D eigenvalue weighted by atomic mass is 32.2. The fourth-order valence-corrected chi connectivity index (χ4v) is 0.112. The summed E-state index contributed by atoms with van der Waals surface area (Å²) < 4.78 is 0. The maximum Gasteiger partial charge on any atom is 0.300 e. The first-order chi connectivity index (χ1) is 4.15. The summed E-state index contributed by atoms with van der Waals surface area (Å²) in [6, 6.07) is 0. The van der Waals surface area contributed by atoms with Crippen LogP contribution in [0.25, 0.3) is 0 Å². The predicted molar refractivity (Wildman–Crippen MR) is 36.7 cm³/mol. The Morgan fingerprint density at radius 2 is 2.33 bits per heavy atom. The summed E-state index contributed by atoms with van der Waals surface area (Å²) in [5, 5.41) is 18.4. The van der Waals surface area contributed by atoms with Gasteiger partial charge in [-0.2, -0.15) is 5.26 Å². The van der Waals surface area contributed by atoms with E-state index in [1.54, 1.807) is 0 Å². The zero-order chi connectivity index (χ0) is 7.70. The van der Waals surface area contributed by atoms with Gasteiger partial charge in [0.2, 0.25) is 0 Å². The van der Waals surface area contributed by atoms with E-state index >= 15 is 0 Å². The minimum atomic E-state index is -0.833. The van der Waals surface area contributed by atoms with Crippen molar-refractivity contribution in [2.24, 2.45) is 0 Å². The summed E-state index contributed by atoms with van der Waals surface area (Å²) in [5.74, 6) is -0.833. The highest BCUT2D eigenvalue weighted by Crippen LogP contribution is 1.91. The van der Waals surface area contributed by atoms with Gasteiger partial charge in [-0.1, -0.05) is 6.58 Å². The maximum atomic E-state index is 9.00. The van der Waals surface area contributed by atoms with Gasteiger partial charge < -0.3 is 5.11 Å². The molecule has 0 aliphatic rings. The van der Waals surface area contributed by atoms with Crippen molar-refractivity contribution in [3.05, 3.63) is 12.0 Å². The van der Waals surface area contributed by atoms with Crippen molar-refractivity contribution >= 4 is 17.7 Å². The average molecular weight is 145 g/mol. The number of aliphatic carboxylic acids is 1. The Balaban J connectivity index is 0. The molecule has 0 amide bonds. The van der Waals surface area contributed by atoms with Gasteiger partial charge in [0.15, 0.2) is 0 Å². The Morgan fingerprint density at radius 3 is 2.33 bits per heavy atom. The molecular weight excluding hydrogens is 138 g/mol. The summed E-state index contributed by atoms with van der Waals surface area (Å²) in [6.07, 6.45) is 0. The molecule has 0 heterocycles. The van der Waals surface area contributed by atoms with E-state index in [-0.39, 0.29) is 0 Å². The summed E-state index contributed by atoms with van der Waals surface area (Å²) in [4.78, 5) is 9.00. The van der Waals surface area contributed by atoms with Gasteiger partial charge in [0.05, 0.1) is 0 Å². The SMILES string of the molecule is C=CSC#N.CC(=O)O. The Labute approximate surface area is 58.0 Å². The van der Waals surface area contributed by atoms with Crippen LogP contribution >= 0.6 is 11.8 Å². The number of rotatable bonds is 1. The van der Waals surface area contributed by atoms with Crippen LogP contribution in [0.15, 0.2) is 12.0 Å². The van der Waals surface area contributed by atoms with Crippen LogP contribution in [0.3, 0.4) is 0 Å². The van der Waals surface area contributed by atoms with E-state index < -0.39 is 5.97 Å². The predicted octanol–water partition coefficient (Wildman–Crippen LogP) is 1.44. The van der Waals surface area contributed by atoms with E-state index in [4.69, 9.17) is 15.2 Å². The molecular formula is C5H7NO2S. The molecule has 0 aromatic carbocycles. The topological polar surface area (TPSA) is 61.1 Å². The Bertz CT molecular complexity index is 123. The molecule has 4 heteroatoms. The molecule has 0 unspecified atom stereocenters. The molecule has 0 atom stereocenters. The second-order valence-corrected chi connectivity index (χ2v) is 1.65. The minimum absolute atomic E-state index is 0.833. The summed E-state index contributed by atoms with van der Waals surface area (Å²) in [5.41, 5.74) is 0. The molecule has 0 rings (SSSR count). The first-order valence-corrected chi connectivity index (χ1v) is 2.88. The van der Waals surface area contributed by atoms with E-state index in [2.05, 4.69) is 6.58 Å². The molecule has 3 nitrogen and oxygen atoms in total. The number of thiocyanates is 1. The molecule has 0 aromatic rings. The van der Waals surface area contributed by atoms with Gasteiger partial charge in [-0.3, -0.25) is 4.79 Å². The van der Waals surface area contributed by atoms with Gasteiger partial charge in [0.1, 0.15) is 5.40 Å². The molecule has 0 spiro atoms. The lowest BCUT2D eigenvalue weighted by Crippen LogP contribution is -1.78. The van der Waals surface area contributed by atoms with Crippen LogP contribution in [0.1, 0.15) is 6.92 Å². The van der Waals surface area contributed by atoms with Crippen molar-refractivity contribution < 1.29 is 9.90 Å². The standard InChI is InChI=1S/C3H3NS.C2H4O2/c1-2-5-3-4;1-2(3)4/h2H,1H2;1H3,(H,3,4). The first-order valence-electron chi connectivity index (χ1n) is 2.00. The third-order valence-corrected chi connectivity index (χ3v) is 0.408. The Hall–Kier alpha value is -0.950. The van der Waals surface area contributed by atoms with Crippen LogP contribution < -0.4 is 0 Å². The van der Waals surface area contributed by atoms with Crippen molar-refractivity contribution in [2.45, 2.75) is 6.92 Å². The molecule has 50 valence electrons. The minimum Gasteiger partial charge on any atom is -0.481 e. The molecule has 0 radical (unpaired) electrons. The van der Waals surface area contributed by atoms with E-state index in [9.17, 15) is 0 Å². The van der Waals surface area contributed by atoms with Crippen LogP contribution in [0.5, 0.6) is 0 Å². The quantitative estimate of drug-likeness (QED) is 0.567. The summed E-state index contributed by atoms with van der Waals surface area (Å²) in [7, 11) is 0. The molecule has 0 saturated carbocycles. The Kier molecular flexibility index (Phi) is 12.3. The van der Waals surface area contributed by atoms with Crippen LogP contribution in [0, 0.1) is 10.7 Å². The zero-order valence-corrected chi connectivity index (χ0v) is 5.81. The highest BCUT2D eigenvalue weighted by Gasteiger charge is 1.65. The lowest BCUT2D eigenvalue weighted by Gasteiger charge is -1.59. The van der Waals surface area contributed by atoms with Gasteiger partial charge >= 0.3 is 0 Å². The van der Waals surface area contributed by atoms with Crippen LogP contribution in [0.2, 0.25) is 0 Å². The van der Waals surface area contributed by atoms with Gasteiger partial charge in [0.25, 0.3) is 5.97 Å².